The van der Waals surface area contributed by atoms with Crippen LogP contribution in [0, 0.1) is 5.92 Å². The van der Waals surface area contributed by atoms with Crippen LogP contribution in [0.2, 0.25) is 0 Å². The number of nitrogens with one attached hydrogen (secondary N) is 1. The molecule has 2 heteroatoms. The van der Waals surface area contributed by atoms with Crippen LogP contribution in [0.25, 0.3) is 0 Å². The molecular weight excluding hydrogens is 210 g/mol. The van der Waals surface area contributed by atoms with E-state index in [1.165, 1.54) is 57.8 Å². The summed E-state index contributed by atoms with van der Waals surface area (Å²) in [7, 11) is 0. The highest BCUT2D eigenvalue weighted by atomic mass is 16.5. The Kier molecular flexibility index (Phi) is 8.72. The average molecular weight is 241 g/mol. The molecule has 0 aromatic heterocycles. The van der Waals surface area contributed by atoms with Crippen molar-refractivity contribution in [3.8, 4) is 0 Å². The lowest BCUT2D eigenvalue weighted by Crippen LogP contribution is -2.23. The minimum atomic E-state index is 0.632. The van der Waals surface area contributed by atoms with Crippen LogP contribution in [0.15, 0.2) is 0 Å². The smallest absolute Gasteiger partial charge is 0.0968 e. The van der Waals surface area contributed by atoms with Crippen molar-refractivity contribution in [1.29, 1.82) is 0 Å². The van der Waals surface area contributed by atoms with E-state index in [-0.39, 0.29) is 0 Å². The third kappa shape index (κ3) is 7.05. The van der Waals surface area contributed by atoms with Gasteiger partial charge >= 0.3 is 0 Å². The molecule has 1 rings (SSSR count). The van der Waals surface area contributed by atoms with Crippen molar-refractivity contribution in [2.45, 2.75) is 77.7 Å². The summed E-state index contributed by atoms with van der Waals surface area (Å²) in [5.41, 5.74) is 0. The van der Waals surface area contributed by atoms with Gasteiger partial charge in [-0.25, -0.2) is 0 Å². The minimum Gasteiger partial charge on any atom is -0.365 e. The highest BCUT2D eigenvalue weighted by Crippen LogP contribution is 2.22. The molecule has 1 fully saturated rings. The van der Waals surface area contributed by atoms with Crippen molar-refractivity contribution in [2.24, 2.45) is 5.92 Å². The molecule has 0 bridgehead atoms. The zero-order valence-corrected chi connectivity index (χ0v) is 11.8. The van der Waals surface area contributed by atoms with Gasteiger partial charge in [-0.15, -0.1) is 0 Å². The Hall–Kier alpha value is -0.0800. The fourth-order valence-corrected chi connectivity index (χ4v) is 2.80. The van der Waals surface area contributed by atoms with E-state index < -0.39 is 0 Å². The Morgan fingerprint density at radius 2 is 1.88 bits per heavy atom. The van der Waals surface area contributed by atoms with Gasteiger partial charge < -0.3 is 4.74 Å². The van der Waals surface area contributed by atoms with Crippen molar-refractivity contribution >= 4 is 0 Å². The molecule has 0 aromatic carbocycles. The lowest BCUT2D eigenvalue weighted by Gasteiger charge is -2.17. The van der Waals surface area contributed by atoms with E-state index in [4.69, 9.17) is 4.74 Å². The predicted molar refractivity (Wildman–Crippen MR) is 74.1 cm³/mol. The zero-order chi connectivity index (χ0) is 12.3. The van der Waals surface area contributed by atoms with Gasteiger partial charge in [-0.1, -0.05) is 65.2 Å². The number of rotatable bonds is 10. The number of hydrogen-bond acceptors (Lipinski definition) is 2. The van der Waals surface area contributed by atoms with Crippen molar-refractivity contribution in [3.05, 3.63) is 0 Å². The average Bonchev–Trinajstić information content (AvgIpc) is 2.82. The molecule has 0 radical (unpaired) electrons. The number of ether oxygens (including phenoxy) is 1. The molecule has 1 saturated heterocycles. The first-order chi connectivity index (χ1) is 8.36. The van der Waals surface area contributed by atoms with Crippen LogP contribution in [-0.4, -0.2) is 19.4 Å². The van der Waals surface area contributed by atoms with Crippen LogP contribution in [0.3, 0.4) is 0 Å². The first kappa shape index (κ1) is 15.0. The third-order valence-corrected chi connectivity index (χ3v) is 3.87. The summed E-state index contributed by atoms with van der Waals surface area (Å²) in [6.07, 6.45) is 12.5. The summed E-state index contributed by atoms with van der Waals surface area (Å²) in [6, 6.07) is 0.632. The highest BCUT2D eigenvalue weighted by molar-refractivity contribution is 4.70. The van der Waals surface area contributed by atoms with Crippen LogP contribution in [0.1, 0.15) is 71.6 Å². The quantitative estimate of drug-likeness (QED) is 0.581. The molecule has 17 heavy (non-hydrogen) atoms. The Bertz CT molecular complexity index is 166. The van der Waals surface area contributed by atoms with Crippen LogP contribution in [-0.2, 0) is 4.74 Å². The van der Waals surface area contributed by atoms with E-state index in [9.17, 15) is 0 Å². The van der Waals surface area contributed by atoms with E-state index in [2.05, 4.69) is 19.2 Å². The molecule has 0 saturated carbocycles. The normalized spacial score (nSPS) is 21.9. The van der Waals surface area contributed by atoms with Crippen molar-refractivity contribution < 1.29 is 4.74 Å². The molecule has 1 aliphatic rings. The van der Waals surface area contributed by atoms with E-state index >= 15 is 0 Å². The maximum absolute atomic E-state index is 5.33. The van der Waals surface area contributed by atoms with Gasteiger partial charge in [-0.3, -0.25) is 5.32 Å². The van der Waals surface area contributed by atoms with Crippen LogP contribution in [0.4, 0.5) is 0 Å². The van der Waals surface area contributed by atoms with E-state index in [0.29, 0.717) is 6.04 Å². The summed E-state index contributed by atoms with van der Waals surface area (Å²) < 4.78 is 5.33. The first-order valence-electron chi connectivity index (χ1n) is 7.68. The Balaban J connectivity index is 2.05. The molecule has 102 valence electrons. The SMILES string of the molecule is CCCCCC(CCC)CCCC1COCN1. The Morgan fingerprint density at radius 3 is 2.53 bits per heavy atom. The van der Waals surface area contributed by atoms with Gasteiger partial charge in [0.2, 0.25) is 0 Å². The molecular formula is C15H31NO. The Labute approximate surface area is 108 Å². The van der Waals surface area contributed by atoms with Crippen LogP contribution >= 0.6 is 0 Å². The molecule has 2 unspecified atom stereocenters. The van der Waals surface area contributed by atoms with Gasteiger partial charge in [0.25, 0.3) is 0 Å². The first-order valence-corrected chi connectivity index (χ1v) is 7.68. The summed E-state index contributed by atoms with van der Waals surface area (Å²) in [5.74, 6) is 0.980. The monoisotopic (exact) mass is 241 g/mol. The predicted octanol–water partition coefficient (Wildman–Crippen LogP) is 4.10. The van der Waals surface area contributed by atoms with E-state index in [1.807, 2.05) is 0 Å². The second kappa shape index (κ2) is 9.90. The minimum absolute atomic E-state index is 0.632. The summed E-state index contributed by atoms with van der Waals surface area (Å²) in [6.45, 7) is 6.30. The molecule has 2 nitrogen and oxygen atoms in total. The zero-order valence-electron chi connectivity index (χ0n) is 11.8. The molecule has 1 heterocycles. The summed E-state index contributed by atoms with van der Waals surface area (Å²) >= 11 is 0. The molecule has 0 aromatic rings. The molecule has 0 aliphatic carbocycles. The molecule has 0 amide bonds. The molecule has 1 N–H and O–H groups in total. The summed E-state index contributed by atoms with van der Waals surface area (Å²) in [5, 5.41) is 3.39. The molecule has 0 spiro atoms. The fraction of sp³-hybridized carbons (Fsp3) is 1.00. The van der Waals surface area contributed by atoms with E-state index in [1.54, 1.807) is 0 Å². The van der Waals surface area contributed by atoms with Gasteiger partial charge in [0.1, 0.15) is 0 Å². The summed E-state index contributed by atoms with van der Waals surface area (Å²) in [4.78, 5) is 0. The highest BCUT2D eigenvalue weighted by Gasteiger charge is 2.15. The van der Waals surface area contributed by atoms with Crippen LogP contribution in [0.5, 0.6) is 0 Å². The van der Waals surface area contributed by atoms with Gasteiger partial charge in [0.15, 0.2) is 0 Å². The second-order valence-electron chi connectivity index (χ2n) is 5.50. The van der Waals surface area contributed by atoms with Gasteiger partial charge in [0, 0.05) is 6.04 Å². The van der Waals surface area contributed by atoms with Crippen molar-refractivity contribution in [2.75, 3.05) is 13.3 Å². The maximum atomic E-state index is 5.33. The van der Waals surface area contributed by atoms with Crippen LogP contribution < -0.4 is 5.32 Å². The standard InChI is InChI=1S/C15H31NO/c1-3-5-6-9-14(8-4-2)10-7-11-15-12-17-13-16-15/h14-16H,3-13H2,1-2H3. The van der Waals surface area contributed by atoms with E-state index in [0.717, 1.165) is 19.3 Å². The fourth-order valence-electron chi connectivity index (χ4n) is 2.80. The largest absolute Gasteiger partial charge is 0.365 e. The van der Waals surface area contributed by atoms with Crippen molar-refractivity contribution in [3.63, 3.8) is 0 Å². The second-order valence-corrected chi connectivity index (χ2v) is 5.50. The topological polar surface area (TPSA) is 21.3 Å². The molecule has 2 atom stereocenters. The molecule has 1 aliphatic heterocycles. The van der Waals surface area contributed by atoms with Gasteiger partial charge in [-0.05, 0) is 12.3 Å². The maximum Gasteiger partial charge on any atom is 0.0968 e. The number of hydrogen-bond donors (Lipinski definition) is 1. The van der Waals surface area contributed by atoms with Gasteiger partial charge in [-0.2, -0.15) is 0 Å². The van der Waals surface area contributed by atoms with Crippen molar-refractivity contribution in [1.82, 2.24) is 5.32 Å². The number of unbranched alkanes of at least 4 members (excludes halogenated alkanes) is 2. The van der Waals surface area contributed by atoms with Gasteiger partial charge in [0.05, 0.1) is 13.3 Å². The lowest BCUT2D eigenvalue weighted by atomic mass is 9.91. The third-order valence-electron chi connectivity index (χ3n) is 3.87. The Morgan fingerprint density at radius 1 is 1.06 bits per heavy atom. The lowest BCUT2D eigenvalue weighted by molar-refractivity contribution is 0.188.